The summed E-state index contributed by atoms with van der Waals surface area (Å²) in [6.07, 6.45) is 9.42. The number of hydrogen-bond acceptors (Lipinski definition) is 7. The molecule has 6 rings (SSSR count). The molecule has 1 aromatic heterocycles. The Labute approximate surface area is 252 Å². The average Bonchev–Trinajstić information content (AvgIpc) is 3.54. The van der Waals surface area contributed by atoms with Crippen molar-refractivity contribution >= 4 is 28.8 Å². The van der Waals surface area contributed by atoms with E-state index in [9.17, 15) is 19.5 Å². The molecule has 11 heteroatoms. The molecule has 0 radical (unpaired) electrons. The van der Waals surface area contributed by atoms with Gasteiger partial charge >= 0.3 is 0 Å². The predicted octanol–water partition coefficient (Wildman–Crippen LogP) is 2.36. The lowest BCUT2D eigenvalue weighted by Crippen LogP contribution is -2.59. The van der Waals surface area contributed by atoms with Gasteiger partial charge in [-0.05, 0) is 37.3 Å². The number of ether oxygens (including phenoxy) is 1. The molecule has 1 N–H and O–H groups in total. The number of benzene rings is 1. The molecule has 1 aromatic carbocycles. The van der Waals surface area contributed by atoms with Crippen LogP contribution in [0.4, 0.5) is 0 Å². The fourth-order valence-electron chi connectivity index (χ4n) is 7.79. The lowest BCUT2D eigenvalue weighted by molar-refractivity contribution is -0.158. The van der Waals surface area contributed by atoms with Crippen molar-refractivity contribution in [1.82, 2.24) is 29.7 Å². The molecular weight excluding hydrogens is 548 g/mol. The number of nitrogens with zero attached hydrogens (tertiary/aromatic N) is 6. The molecule has 0 saturated carbocycles. The minimum absolute atomic E-state index is 0.120. The summed E-state index contributed by atoms with van der Waals surface area (Å²) < 4.78 is 8.73. The first kappa shape index (κ1) is 29.5. The highest BCUT2D eigenvalue weighted by atomic mass is 16.5. The van der Waals surface area contributed by atoms with Gasteiger partial charge in [0.05, 0.1) is 35.6 Å². The summed E-state index contributed by atoms with van der Waals surface area (Å²) >= 11 is 0. The Morgan fingerprint density at radius 1 is 1.00 bits per heavy atom. The van der Waals surface area contributed by atoms with Gasteiger partial charge < -0.3 is 24.5 Å². The number of aliphatic hydroxyl groups is 1. The van der Waals surface area contributed by atoms with Crippen LogP contribution < -0.4 is 0 Å². The van der Waals surface area contributed by atoms with E-state index in [4.69, 9.17) is 4.74 Å². The van der Waals surface area contributed by atoms with E-state index < -0.39 is 35.1 Å². The van der Waals surface area contributed by atoms with Crippen molar-refractivity contribution in [2.75, 3.05) is 26.2 Å². The number of likely N-dealkylation sites (tertiary alicyclic amines) is 1. The summed E-state index contributed by atoms with van der Waals surface area (Å²) in [6, 6.07) is 5.90. The third-order valence-electron chi connectivity index (χ3n) is 9.61. The van der Waals surface area contributed by atoms with E-state index in [1.807, 2.05) is 76.3 Å². The third kappa shape index (κ3) is 4.50. The molecule has 11 nitrogen and oxygen atoms in total. The van der Waals surface area contributed by atoms with Crippen LogP contribution in [0.2, 0.25) is 0 Å². The first-order chi connectivity index (χ1) is 20.7. The molecule has 43 heavy (non-hydrogen) atoms. The normalized spacial score (nSPS) is 31.1. The predicted molar refractivity (Wildman–Crippen MR) is 159 cm³/mol. The van der Waals surface area contributed by atoms with E-state index in [-0.39, 0.29) is 43.5 Å². The number of para-hydroxylation sites is 1. The average molecular weight is 591 g/mol. The van der Waals surface area contributed by atoms with E-state index in [2.05, 4.69) is 10.3 Å². The van der Waals surface area contributed by atoms with Crippen molar-refractivity contribution in [1.29, 1.82) is 0 Å². The SMILES string of the molecule is CCCN1CC=C[C@]2(CC)O[C@]34C=CCN(Cn5nnc6ccccc65)C(=O)C3N([C@@H](CO)CC(C)C)C(=O)[C@@H]4[C@@H]2C1=O. The van der Waals surface area contributed by atoms with Crippen LogP contribution in [0.15, 0.2) is 48.6 Å². The number of amides is 3. The zero-order chi connectivity index (χ0) is 30.5. The summed E-state index contributed by atoms with van der Waals surface area (Å²) in [6.45, 7) is 9.17. The van der Waals surface area contributed by atoms with Gasteiger partial charge in [0.25, 0.3) is 5.91 Å². The highest BCUT2D eigenvalue weighted by Gasteiger charge is 2.75. The molecule has 4 aliphatic heterocycles. The highest BCUT2D eigenvalue weighted by molar-refractivity contribution is 6.00. The molecule has 0 bridgehead atoms. The molecule has 230 valence electrons. The maximum absolute atomic E-state index is 14.8. The Kier molecular flexibility index (Phi) is 7.66. The van der Waals surface area contributed by atoms with Crippen molar-refractivity contribution in [2.45, 2.75) is 76.9 Å². The van der Waals surface area contributed by atoms with Gasteiger partial charge in [0.2, 0.25) is 11.8 Å². The largest absolute Gasteiger partial charge is 0.394 e. The molecule has 5 heterocycles. The molecule has 1 spiro atoms. The van der Waals surface area contributed by atoms with E-state index in [0.717, 1.165) is 17.5 Å². The second kappa shape index (κ2) is 11.2. The zero-order valence-corrected chi connectivity index (χ0v) is 25.4. The van der Waals surface area contributed by atoms with Crippen molar-refractivity contribution in [2.24, 2.45) is 17.8 Å². The Morgan fingerprint density at radius 2 is 1.74 bits per heavy atom. The molecule has 2 fully saturated rings. The quantitative estimate of drug-likeness (QED) is 0.445. The fourth-order valence-corrected chi connectivity index (χ4v) is 7.79. The van der Waals surface area contributed by atoms with Crippen LogP contribution in [0.5, 0.6) is 0 Å². The first-order valence-electron chi connectivity index (χ1n) is 15.6. The first-order valence-corrected chi connectivity index (χ1v) is 15.6. The van der Waals surface area contributed by atoms with Crippen LogP contribution in [0.25, 0.3) is 11.0 Å². The number of aromatic nitrogens is 3. The number of carbonyl (C=O) groups excluding carboxylic acids is 3. The summed E-state index contributed by atoms with van der Waals surface area (Å²) in [5.41, 5.74) is -0.885. The second-order valence-electron chi connectivity index (χ2n) is 12.7. The lowest BCUT2D eigenvalue weighted by Gasteiger charge is -2.41. The van der Waals surface area contributed by atoms with E-state index in [0.29, 0.717) is 25.9 Å². The fraction of sp³-hybridized carbons (Fsp3) is 0.594. The molecule has 6 atom stereocenters. The maximum Gasteiger partial charge on any atom is 0.250 e. The number of fused-ring (bicyclic) bond motifs is 3. The molecular formula is C32H42N6O5. The Hall–Kier alpha value is -3.57. The van der Waals surface area contributed by atoms with E-state index in [1.165, 1.54) is 0 Å². The molecule has 2 saturated heterocycles. The van der Waals surface area contributed by atoms with Gasteiger partial charge in [-0.2, -0.15) is 0 Å². The molecule has 2 aromatic rings. The zero-order valence-electron chi connectivity index (χ0n) is 25.4. The number of carbonyl (C=O) groups is 3. The summed E-state index contributed by atoms with van der Waals surface area (Å²) in [7, 11) is 0. The van der Waals surface area contributed by atoms with Gasteiger partial charge in [0.1, 0.15) is 23.8 Å². The van der Waals surface area contributed by atoms with Crippen LogP contribution in [0, 0.1) is 17.8 Å². The summed E-state index contributed by atoms with van der Waals surface area (Å²) in [5, 5.41) is 19.1. The van der Waals surface area contributed by atoms with Gasteiger partial charge in [-0.25, -0.2) is 4.68 Å². The van der Waals surface area contributed by atoms with Crippen LogP contribution in [0.3, 0.4) is 0 Å². The topological polar surface area (TPSA) is 121 Å². The number of aliphatic hydroxyl groups excluding tert-OH is 1. The Bertz CT molecular complexity index is 1470. The van der Waals surface area contributed by atoms with Crippen LogP contribution in [-0.4, -0.2) is 102 Å². The van der Waals surface area contributed by atoms with E-state index >= 15 is 0 Å². The molecule has 3 amide bonds. The Balaban J connectivity index is 1.47. The molecule has 1 unspecified atom stereocenters. The monoisotopic (exact) mass is 590 g/mol. The van der Waals surface area contributed by atoms with Crippen molar-refractivity contribution < 1.29 is 24.2 Å². The van der Waals surface area contributed by atoms with Crippen molar-refractivity contribution in [3.63, 3.8) is 0 Å². The minimum atomic E-state index is -1.37. The lowest BCUT2D eigenvalue weighted by atomic mass is 9.73. The maximum atomic E-state index is 14.8. The van der Waals surface area contributed by atoms with Crippen LogP contribution in [0.1, 0.15) is 47.0 Å². The highest BCUT2D eigenvalue weighted by Crippen LogP contribution is 2.59. The molecule has 0 aliphatic carbocycles. The summed E-state index contributed by atoms with van der Waals surface area (Å²) in [5.74, 6) is -2.26. The number of rotatable bonds is 9. The smallest absolute Gasteiger partial charge is 0.250 e. The number of hydrogen-bond donors (Lipinski definition) is 1. The minimum Gasteiger partial charge on any atom is -0.394 e. The van der Waals surface area contributed by atoms with Gasteiger partial charge in [0, 0.05) is 19.6 Å². The van der Waals surface area contributed by atoms with Crippen molar-refractivity contribution in [3.8, 4) is 0 Å². The molecule has 4 aliphatic rings. The summed E-state index contributed by atoms with van der Waals surface area (Å²) in [4.78, 5) is 48.8. The Morgan fingerprint density at radius 3 is 2.47 bits per heavy atom. The van der Waals surface area contributed by atoms with Gasteiger partial charge in [0.15, 0.2) is 0 Å². The van der Waals surface area contributed by atoms with Gasteiger partial charge in [-0.1, -0.05) is 69.3 Å². The van der Waals surface area contributed by atoms with E-state index in [1.54, 1.807) is 19.4 Å². The van der Waals surface area contributed by atoms with Gasteiger partial charge in [-0.3, -0.25) is 14.4 Å². The second-order valence-corrected chi connectivity index (χ2v) is 12.7. The third-order valence-corrected chi connectivity index (χ3v) is 9.61. The van der Waals surface area contributed by atoms with Crippen LogP contribution >= 0.6 is 0 Å². The van der Waals surface area contributed by atoms with Crippen LogP contribution in [-0.2, 0) is 25.8 Å². The van der Waals surface area contributed by atoms with Crippen molar-refractivity contribution in [3.05, 3.63) is 48.6 Å². The van der Waals surface area contributed by atoms with Gasteiger partial charge in [-0.15, -0.1) is 5.10 Å². The standard InChI is InChI=1S/C32H42N6O5/c1-5-15-35-16-9-13-31(6-2)25(28(35)40)26-29(41)38(22(19-39)18-21(3)4)27-30(42)36(17-10-14-32(26,27)43-31)20-37-24-12-8-7-11-23(24)33-34-37/h7-14,21-22,25-27,39H,5-6,15-20H2,1-4H3/t22-,25-,26+,27?,31+,32+/m1/s1.